The summed E-state index contributed by atoms with van der Waals surface area (Å²) in [4.78, 5) is 20.0. The summed E-state index contributed by atoms with van der Waals surface area (Å²) in [5.74, 6) is -0.0820. The second-order valence-corrected chi connectivity index (χ2v) is 8.39. The van der Waals surface area contributed by atoms with Gasteiger partial charge < -0.3 is 5.32 Å². The van der Waals surface area contributed by atoms with Crippen LogP contribution in [0.15, 0.2) is 47.3 Å². The second kappa shape index (κ2) is 7.62. The van der Waals surface area contributed by atoms with E-state index in [1.165, 1.54) is 9.75 Å². The van der Waals surface area contributed by atoms with Crippen LogP contribution >= 0.6 is 22.7 Å². The van der Waals surface area contributed by atoms with E-state index in [2.05, 4.69) is 34.5 Å². The highest BCUT2D eigenvalue weighted by atomic mass is 32.1. The number of hydrogen-bond donors (Lipinski definition) is 1. The van der Waals surface area contributed by atoms with Gasteiger partial charge in [-0.3, -0.25) is 4.79 Å². The van der Waals surface area contributed by atoms with E-state index in [0.717, 1.165) is 23.1 Å². The lowest BCUT2D eigenvalue weighted by atomic mass is 10.1. The van der Waals surface area contributed by atoms with Gasteiger partial charge in [0.15, 0.2) is 5.65 Å². The minimum absolute atomic E-state index is 0.0159. The number of aryl methyl sites for hydroxylation is 1. The zero-order valence-corrected chi connectivity index (χ0v) is 16.8. The number of hydrogen-bond acceptors (Lipinski definition) is 5. The van der Waals surface area contributed by atoms with Crippen molar-refractivity contribution in [2.45, 2.75) is 32.9 Å². The molecule has 4 heterocycles. The highest BCUT2D eigenvalue weighted by molar-refractivity contribution is 7.10. The molecule has 0 radical (unpaired) electrons. The van der Waals surface area contributed by atoms with Gasteiger partial charge in [0.2, 0.25) is 0 Å². The molecule has 27 heavy (non-hydrogen) atoms. The van der Waals surface area contributed by atoms with Crippen LogP contribution in [-0.2, 0) is 6.54 Å². The molecule has 1 unspecified atom stereocenters. The van der Waals surface area contributed by atoms with Gasteiger partial charge >= 0.3 is 0 Å². The lowest BCUT2D eigenvalue weighted by molar-refractivity contribution is 0.0938. The van der Waals surface area contributed by atoms with Gasteiger partial charge in [0.25, 0.3) is 5.91 Å². The van der Waals surface area contributed by atoms with Crippen LogP contribution in [0.3, 0.4) is 0 Å². The van der Waals surface area contributed by atoms with Crippen LogP contribution in [0.1, 0.15) is 45.2 Å². The van der Waals surface area contributed by atoms with Crippen molar-refractivity contribution in [3.8, 4) is 0 Å². The summed E-state index contributed by atoms with van der Waals surface area (Å²) < 4.78 is 1.86. The number of amides is 1. The Labute approximate surface area is 165 Å². The van der Waals surface area contributed by atoms with Gasteiger partial charge in [-0.2, -0.15) is 5.10 Å². The van der Waals surface area contributed by atoms with Crippen LogP contribution < -0.4 is 5.32 Å². The first-order chi connectivity index (χ1) is 13.2. The second-order valence-electron chi connectivity index (χ2n) is 6.38. The Morgan fingerprint density at radius 2 is 2.07 bits per heavy atom. The van der Waals surface area contributed by atoms with E-state index in [-0.39, 0.29) is 11.9 Å². The first kappa shape index (κ1) is 17.9. The minimum atomic E-state index is -0.0820. The van der Waals surface area contributed by atoms with Gasteiger partial charge in [-0.1, -0.05) is 19.1 Å². The summed E-state index contributed by atoms with van der Waals surface area (Å²) >= 11 is 3.35. The summed E-state index contributed by atoms with van der Waals surface area (Å²) in [7, 11) is 0. The zero-order valence-electron chi connectivity index (χ0n) is 15.2. The van der Waals surface area contributed by atoms with Gasteiger partial charge in [-0.15, -0.1) is 22.7 Å². The van der Waals surface area contributed by atoms with Gasteiger partial charge in [0, 0.05) is 15.4 Å². The number of fused-ring (bicyclic) bond motifs is 1. The summed E-state index contributed by atoms with van der Waals surface area (Å²) in [6, 6.07) is 10.0. The van der Waals surface area contributed by atoms with Crippen molar-refractivity contribution in [2.24, 2.45) is 0 Å². The molecular weight excluding hydrogens is 376 g/mol. The fourth-order valence-electron chi connectivity index (χ4n) is 3.13. The molecule has 7 heteroatoms. The van der Waals surface area contributed by atoms with Crippen LogP contribution in [0.4, 0.5) is 0 Å². The van der Waals surface area contributed by atoms with E-state index in [1.54, 1.807) is 28.9 Å². The predicted octanol–water partition coefficient (Wildman–Crippen LogP) is 4.79. The maximum atomic E-state index is 13.0. The molecule has 0 aliphatic carbocycles. The van der Waals surface area contributed by atoms with Gasteiger partial charge in [0.05, 0.1) is 29.7 Å². The molecule has 0 saturated carbocycles. The van der Waals surface area contributed by atoms with E-state index in [4.69, 9.17) is 0 Å². The standard InChI is InChI=1S/C20H20N4OS2/c1-3-17(18-7-5-9-27-18)23-20(25)15-10-13(2)22-19-16(15)11-21-24(19)12-14-6-4-8-26-14/h4-11,17H,3,12H2,1-2H3,(H,23,25). The number of aromatic nitrogens is 3. The molecule has 4 aromatic rings. The predicted molar refractivity (Wildman–Crippen MR) is 111 cm³/mol. The Balaban J connectivity index is 1.67. The third-order valence-corrected chi connectivity index (χ3v) is 6.31. The third-order valence-electron chi connectivity index (χ3n) is 4.47. The van der Waals surface area contributed by atoms with Crippen LogP contribution in [0, 0.1) is 6.92 Å². The normalized spacial score (nSPS) is 12.4. The fourth-order valence-corrected chi connectivity index (χ4v) is 4.67. The molecule has 0 aliphatic rings. The van der Waals surface area contributed by atoms with Crippen molar-refractivity contribution < 1.29 is 4.79 Å². The zero-order chi connectivity index (χ0) is 18.8. The molecule has 0 saturated heterocycles. The number of thiophene rings is 2. The number of pyridine rings is 1. The average molecular weight is 397 g/mol. The van der Waals surface area contributed by atoms with Crippen molar-refractivity contribution in [3.05, 3.63) is 68.3 Å². The van der Waals surface area contributed by atoms with E-state index in [0.29, 0.717) is 12.1 Å². The summed E-state index contributed by atoms with van der Waals surface area (Å²) in [5, 5.41) is 12.5. The topological polar surface area (TPSA) is 59.8 Å². The van der Waals surface area contributed by atoms with Gasteiger partial charge in [-0.25, -0.2) is 9.67 Å². The molecule has 1 atom stereocenters. The highest BCUT2D eigenvalue weighted by Crippen LogP contribution is 2.24. The Morgan fingerprint density at radius 1 is 1.26 bits per heavy atom. The van der Waals surface area contributed by atoms with E-state index in [9.17, 15) is 4.79 Å². The van der Waals surface area contributed by atoms with Gasteiger partial charge in [0.1, 0.15) is 0 Å². The fraction of sp³-hybridized carbons (Fsp3) is 0.250. The minimum Gasteiger partial charge on any atom is -0.344 e. The number of nitrogens with zero attached hydrogens (tertiary/aromatic N) is 3. The monoisotopic (exact) mass is 396 g/mol. The molecule has 4 aromatic heterocycles. The van der Waals surface area contributed by atoms with Gasteiger partial charge in [-0.05, 0) is 42.3 Å². The number of carbonyl (C=O) groups excluding carboxylic acids is 1. The smallest absolute Gasteiger partial charge is 0.252 e. The summed E-state index contributed by atoms with van der Waals surface area (Å²) in [6.45, 7) is 4.65. The molecule has 0 bridgehead atoms. The Kier molecular flexibility index (Phi) is 5.05. The van der Waals surface area contributed by atoms with E-state index in [1.807, 2.05) is 40.6 Å². The summed E-state index contributed by atoms with van der Waals surface area (Å²) in [6.07, 6.45) is 2.59. The quantitative estimate of drug-likeness (QED) is 0.510. The largest absolute Gasteiger partial charge is 0.344 e. The average Bonchev–Trinajstić information content (AvgIpc) is 3.42. The molecule has 0 aromatic carbocycles. The number of carbonyl (C=O) groups is 1. The molecule has 1 amide bonds. The van der Waals surface area contributed by atoms with Crippen molar-refractivity contribution in [3.63, 3.8) is 0 Å². The number of nitrogens with one attached hydrogen (secondary N) is 1. The summed E-state index contributed by atoms with van der Waals surface area (Å²) in [5.41, 5.74) is 2.19. The van der Waals surface area contributed by atoms with Crippen LogP contribution in [-0.4, -0.2) is 20.7 Å². The molecule has 0 aliphatic heterocycles. The molecule has 4 rings (SSSR count). The van der Waals surface area contributed by atoms with Crippen LogP contribution in [0.5, 0.6) is 0 Å². The van der Waals surface area contributed by atoms with E-state index >= 15 is 0 Å². The lowest BCUT2D eigenvalue weighted by Gasteiger charge is -2.16. The molecular formula is C20H20N4OS2. The first-order valence-corrected chi connectivity index (χ1v) is 10.6. The molecule has 1 N–H and O–H groups in total. The molecule has 0 fully saturated rings. The lowest BCUT2D eigenvalue weighted by Crippen LogP contribution is -2.28. The SMILES string of the molecule is CCC(NC(=O)c1cc(C)nc2c1cnn2Cc1cccs1)c1cccs1. The maximum absolute atomic E-state index is 13.0. The molecule has 138 valence electrons. The Hall–Kier alpha value is -2.51. The first-order valence-electron chi connectivity index (χ1n) is 8.85. The van der Waals surface area contributed by atoms with Crippen molar-refractivity contribution >= 4 is 39.6 Å². The van der Waals surface area contributed by atoms with E-state index < -0.39 is 0 Å². The van der Waals surface area contributed by atoms with Crippen LogP contribution in [0.2, 0.25) is 0 Å². The van der Waals surface area contributed by atoms with Crippen molar-refractivity contribution in [2.75, 3.05) is 0 Å². The van der Waals surface area contributed by atoms with Crippen molar-refractivity contribution in [1.82, 2.24) is 20.1 Å². The Bertz CT molecular complexity index is 1050. The van der Waals surface area contributed by atoms with Crippen LogP contribution in [0.25, 0.3) is 11.0 Å². The third kappa shape index (κ3) is 3.65. The molecule has 5 nitrogen and oxygen atoms in total. The maximum Gasteiger partial charge on any atom is 0.252 e. The molecule has 0 spiro atoms. The highest BCUT2D eigenvalue weighted by Gasteiger charge is 2.19. The Morgan fingerprint density at radius 3 is 2.78 bits per heavy atom. The number of rotatable bonds is 6. The van der Waals surface area contributed by atoms with Crippen molar-refractivity contribution in [1.29, 1.82) is 0 Å².